The zero-order valence-corrected chi connectivity index (χ0v) is 17.8. The van der Waals surface area contributed by atoms with Gasteiger partial charge in [-0.05, 0) is 49.9 Å². The topological polar surface area (TPSA) is 106 Å². The number of carboxylic acids is 2. The molecule has 0 amide bonds. The van der Waals surface area contributed by atoms with Gasteiger partial charge >= 0.3 is 11.9 Å². The van der Waals surface area contributed by atoms with Crippen molar-refractivity contribution in [3.8, 4) is 11.5 Å². The predicted octanol–water partition coefficient (Wildman–Crippen LogP) is 2.71. The zero-order valence-electron chi connectivity index (χ0n) is 17.8. The highest BCUT2D eigenvalue weighted by Crippen LogP contribution is 2.25. The zero-order chi connectivity index (χ0) is 22.4. The van der Waals surface area contributed by atoms with E-state index in [1.165, 1.54) is 25.9 Å². The molecule has 1 aliphatic rings. The van der Waals surface area contributed by atoms with E-state index in [0.717, 1.165) is 42.6 Å². The van der Waals surface area contributed by atoms with Crippen LogP contribution in [0, 0.1) is 5.92 Å². The third-order valence-electron chi connectivity index (χ3n) is 4.59. The number of rotatable bonds is 10. The molecule has 1 fully saturated rings. The largest absolute Gasteiger partial charge is 0.497 e. The fourth-order valence-corrected chi connectivity index (χ4v) is 3.13. The third kappa shape index (κ3) is 10.3. The summed E-state index contributed by atoms with van der Waals surface area (Å²) in [7, 11) is 1.67. The number of methoxy groups -OCH3 is 1. The number of nitrogens with zero attached hydrogens (tertiary/aromatic N) is 1. The van der Waals surface area contributed by atoms with E-state index in [9.17, 15) is 0 Å². The summed E-state index contributed by atoms with van der Waals surface area (Å²) in [6.07, 6.45) is 5.31. The first kappa shape index (κ1) is 25.5. The van der Waals surface area contributed by atoms with Gasteiger partial charge in [-0.1, -0.05) is 13.0 Å². The van der Waals surface area contributed by atoms with Crippen molar-refractivity contribution in [3.05, 3.63) is 36.4 Å². The molecule has 168 valence electrons. The lowest BCUT2D eigenvalue weighted by molar-refractivity contribution is -0.159. The van der Waals surface area contributed by atoms with Gasteiger partial charge in [0.15, 0.2) is 0 Å². The summed E-state index contributed by atoms with van der Waals surface area (Å²) < 4.78 is 16.8. The number of ether oxygens (including phenoxy) is 3. The van der Waals surface area contributed by atoms with Crippen LogP contribution in [0.15, 0.2) is 30.9 Å². The smallest absolute Gasteiger partial charge is 0.414 e. The number of aliphatic carboxylic acids is 2. The van der Waals surface area contributed by atoms with Crippen LogP contribution in [0.5, 0.6) is 11.5 Å². The lowest BCUT2D eigenvalue weighted by Crippen LogP contribution is -2.36. The van der Waals surface area contributed by atoms with Gasteiger partial charge in [0.1, 0.15) is 18.1 Å². The van der Waals surface area contributed by atoms with Crippen LogP contribution in [0.4, 0.5) is 0 Å². The number of carbonyl (C=O) groups is 2. The Labute approximate surface area is 178 Å². The van der Waals surface area contributed by atoms with Crippen molar-refractivity contribution in [2.24, 2.45) is 5.92 Å². The molecule has 1 aliphatic heterocycles. The molecule has 1 heterocycles. The second-order valence-electron chi connectivity index (χ2n) is 7.09. The summed E-state index contributed by atoms with van der Waals surface area (Å²) in [5, 5.41) is 14.8. The quantitative estimate of drug-likeness (QED) is 0.336. The van der Waals surface area contributed by atoms with Crippen LogP contribution in [-0.4, -0.2) is 73.6 Å². The van der Waals surface area contributed by atoms with Crippen LogP contribution in [-0.2, 0) is 20.7 Å². The molecule has 0 radical (unpaired) electrons. The van der Waals surface area contributed by atoms with Gasteiger partial charge in [-0.2, -0.15) is 0 Å². The molecule has 0 aromatic heterocycles. The Morgan fingerprint density at radius 3 is 2.57 bits per heavy atom. The first-order valence-corrected chi connectivity index (χ1v) is 10.0. The maximum Gasteiger partial charge on any atom is 0.414 e. The van der Waals surface area contributed by atoms with Gasteiger partial charge in [0.25, 0.3) is 0 Å². The molecule has 8 nitrogen and oxygen atoms in total. The van der Waals surface area contributed by atoms with Gasteiger partial charge < -0.3 is 29.3 Å². The number of piperidine rings is 1. The maximum absolute atomic E-state index is 9.10. The summed E-state index contributed by atoms with van der Waals surface area (Å²) in [5.74, 6) is -1.11. The van der Waals surface area contributed by atoms with Crippen LogP contribution in [0.2, 0.25) is 0 Å². The summed E-state index contributed by atoms with van der Waals surface area (Å²) in [6.45, 7) is 11.5. The molecular weight excluding hydrogens is 390 g/mol. The molecule has 2 N–H and O–H groups in total. The van der Waals surface area contributed by atoms with Crippen LogP contribution < -0.4 is 9.47 Å². The van der Waals surface area contributed by atoms with Crippen molar-refractivity contribution < 1.29 is 34.0 Å². The molecule has 1 saturated heterocycles. The molecule has 0 aliphatic carbocycles. The number of hydrogen-bond acceptors (Lipinski definition) is 6. The number of hydrogen-bond donors (Lipinski definition) is 2. The number of benzene rings is 1. The first-order chi connectivity index (χ1) is 14.4. The Kier molecular flexibility index (Phi) is 12.2. The second kappa shape index (κ2) is 14.4. The molecule has 2 rings (SSSR count). The Morgan fingerprint density at radius 1 is 1.23 bits per heavy atom. The molecule has 1 aromatic rings. The van der Waals surface area contributed by atoms with Crippen molar-refractivity contribution in [1.82, 2.24) is 4.90 Å². The van der Waals surface area contributed by atoms with Crippen molar-refractivity contribution in [1.29, 1.82) is 0 Å². The van der Waals surface area contributed by atoms with Gasteiger partial charge in [-0.25, -0.2) is 9.59 Å². The standard InChI is InChI=1S/C20H31NO3.C2H2O4/c1-4-6-18-15-19(22-3)8-9-20(18)24-14-13-23-12-11-21-10-5-7-17(2)16-21;3-1(4)2(5)6/h4,8-9,15,17H,1,5-7,10-14,16H2,2-3H3;(H,3,4)(H,5,6). The molecule has 1 aromatic carbocycles. The van der Waals surface area contributed by atoms with Crippen LogP contribution in [0.1, 0.15) is 25.3 Å². The molecule has 1 unspecified atom stereocenters. The average Bonchev–Trinajstić information content (AvgIpc) is 2.72. The minimum atomic E-state index is -1.82. The Morgan fingerprint density at radius 2 is 1.97 bits per heavy atom. The SMILES string of the molecule is C=CCc1cc(OC)ccc1OCCOCCN1CCCC(C)C1.O=C(O)C(=O)O. The lowest BCUT2D eigenvalue weighted by Gasteiger charge is -2.30. The van der Waals surface area contributed by atoms with Crippen LogP contribution in [0.25, 0.3) is 0 Å². The van der Waals surface area contributed by atoms with E-state index in [0.29, 0.717) is 13.2 Å². The van der Waals surface area contributed by atoms with E-state index in [4.69, 9.17) is 34.0 Å². The molecule has 8 heteroatoms. The Hall–Kier alpha value is -2.58. The van der Waals surface area contributed by atoms with Crippen molar-refractivity contribution in [3.63, 3.8) is 0 Å². The van der Waals surface area contributed by atoms with E-state index in [1.807, 2.05) is 24.3 Å². The van der Waals surface area contributed by atoms with E-state index < -0.39 is 11.9 Å². The van der Waals surface area contributed by atoms with E-state index in [2.05, 4.69) is 18.4 Å². The highest BCUT2D eigenvalue weighted by molar-refractivity contribution is 6.27. The number of allylic oxidation sites excluding steroid dienone is 1. The minimum absolute atomic E-state index is 0.562. The van der Waals surface area contributed by atoms with Crippen molar-refractivity contribution in [2.45, 2.75) is 26.2 Å². The molecule has 30 heavy (non-hydrogen) atoms. The van der Waals surface area contributed by atoms with E-state index >= 15 is 0 Å². The molecule has 1 atom stereocenters. The Balaban J connectivity index is 0.000000656. The van der Waals surface area contributed by atoms with Crippen molar-refractivity contribution in [2.75, 3.05) is 46.6 Å². The minimum Gasteiger partial charge on any atom is -0.497 e. The average molecular weight is 424 g/mol. The van der Waals surface area contributed by atoms with Crippen LogP contribution >= 0.6 is 0 Å². The van der Waals surface area contributed by atoms with Gasteiger partial charge in [0, 0.05) is 18.7 Å². The summed E-state index contributed by atoms with van der Waals surface area (Å²) >= 11 is 0. The lowest BCUT2D eigenvalue weighted by atomic mass is 10.0. The highest BCUT2D eigenvalue weighted by atomic mass is 16.5. The van der Waals surface area contributed by atoms with Gasteiger partial charge in [-0.3, -0.25) is 0 Å². The summed E-state index contributed by atoms with van der Waals surface area (Å²) in [5.41, 5.74) is 1.09. The number of likely N-dealkylation sites (tertiary alicyclic amines) is 1. The monoisotopic (exact) mass is 423 g/mol. The predicted molar refractivity (Wildman–Crippen MR) is 113 cm³/mol. The van der Waals surface area contributed by atoms with Crippen LogP contribution in [0.3, 0.4) is 0 Å². The van der Waals surface area contributed by atoms with Gasteiger partial charge in [0.05, 0.1) is 20.3 Å². The molecular formula is C22H33NO7. The van der Waals surface area contributed by atoms with E-state index in [-0.39, 0.29) is 0 Å². The normalized spacial score (nSPS) is 16.1. The first-order valence-electron chi connectivity index (χ1n) is 10.0. The molecule has 0 saturated carbocycles. The van der Waals surface area contributed by atoms with Gasteiger partial charge in [0.2, 0.25) is 0 Å². The molecule has 0 bridgehead atoms. The second-order valence-corrected chi connectivity index (χ2v) is 7.09. The maximum atomic E-state index is 9.10. The Bertz CT molecular complexity index is 665. The highest BCUT2D eigenvalue weighted by Gasteiger charge is 2.15. The summed E-state index contributed by atoms with van der Waals surface area (Å²) in [4.78, 5) is 20.7. The van der Waals surface area contributed by atoms with Crippen molar-refractivity contribution >= 4 is 11.9 Å². The fraction of sp³-hybridized carbons (Fsp3) is 0.545. The van der Waals surface area contributed by atoms with Gasteiger partial charge in [-0.15, -0.1) is 6.58 Å². The van der Waals surface area contributed by atoms with E-state index in [1.54, 1.807) is 7.11 Å². The molecule has 0 spiro atoms. The fourth-order valence-electron chi connectivity index (χ4n) is 3.13. The number of carboxylic acid groups (broad SMARTS) is 2. The third-order valence-corrected chi connectivity index (χ3v) is 4.59. The summed E-state index contributed by atoms with van der Waals surface area (Å²) in [6, 6.07) is 5.86.